The average Bonchev–Trinajstić information content (AvgIpc) is 2.99. The highest BCUT2D eigenvalue weighted by molar-refractivity contribution is 7.99. The van der Waals surface area contributed by atoms with Crippen molar-refractivity contribution in [2.75, 3.05) is 12.8 Å². The van der Waals surface area contributed by atoms with Crippen LogP contribution in [-0.2, 0) is 17.9 Å². The summed E-state index contributed by atoms with van der Waals surface area (Å²) in [4.78, 5) is 18.6. The quantitative estimate of drug-likeness (QED) is 0.465. The van der Waals surface area contributed by atoms with Crippen molar-refractivity contribution in [3.63, 3.8) is 0 Å². The lowest BCUT2D eigenvalue weighted by Gasteiger charge is -2.17. The van der Waals surface area contributed by atoms with E-state index in [2.05, 4.69) is 11.6 Å². The Labute approximate surface area is 156 Å². The monoisotopic (exact) mass is 369 g/mol. The second-order valence-electron chi connectivity index (χ2n) is 5.91. The number of thioether (sulfide) groups is 1. The van der Waals surface area contributed by atoms with Crippen molar-refractivity contribution in [3.05, 3.63) is 72.6 Å². The van der Waals surface area contributed by atoms with Crippen molar-refractivity contribution in [3.8, 4) is 0 Å². The topological polar surface area (TPSA) is 38.1 Å². The van der Waals surface area contributed by atoms with Crippen LogP contribution in [0.4, 0.5) is 4.39 Å². The highest BCUT2D eigenvalue weighted by Crippen LogP contribution is 2.24. The minimum absolute atomic E-state index is 0.0736. The zero-order valence-corrected chi connectivity index (χ0v) is 15.4. The van der Waals surface area contributed by atoms with Crippen molar-refractivity contribution in [2.24, 2.45) is 0 Å². The first-order valence-electron chi connectivity index (χ1n) is 8.26. The van der Waals surface area contributed by atoms with E-state index >= 15 is 0 Å². The van der Waals surface area contributed by atoms with Gasteiger partial charge in [-0.3, -0.25) is 4.79 Å². The second kappa shape index (κ2) is 8.19. The summed E-state index contributed by atoms with van der Waals surface area (Å²) in [5, 5.41) is 0.777. The van der Waals surface area contributed by atoms with Crippen LogP contribution in [0.2, 0.25) is 0 Å². The van der Waals surface area contributed by atoms with Gasteiger partial charge in [0.2, 0.25) is 5.91 Å². The Balaban J connectivity index is 1.69. The number of allylic oxidation sites excluding steroid dienone is 1. The summed E-state index contributed by atoms with van der Waals surface area (Å²) in [5.41, 5.74) is 2.42. The molecule has 1 aromatic heterocycles. The molecule has 0 saturated carbocycles. The van der Waals surface area contributed by atoms with Gasteiger partial charge in [-0.15, -0.1) is 6.58 Å². The lowest BCUT2D eigenvalue weighted by molar-refractivity contribution is -0.127. The van der Waals surface area contributed by atoms with E-state index in [1.807, 2.05) is 34.9 Å². The van der Waals surface area contributed by atoms with E-state index in [0.29, 0.717) is 12.1 Å². The highest BCUT2D eigenvalue weighted by Gasteiger charge is 2.15. The molecule has 3 aromatic rings. The summed E-state index contributed by atoms with van der Waals surface area (Å²) >= 11 is 1.38. The molecule has 0 aliphatic carbocycles. The number of para-hydroxylation sites is 2. The van der Waals surface area contributed by atoms with Crippen molar-refractivity contribution in [1.82, 2.24) is 14.5 Å². The fraction of sp³-hybridized carbons (Fsp3) is 0.200. The highest BCUT2D eigenvalue weighted by atomic mass is 32.2. The van der Waals surface area contributed by atoms with Gasteiger partial charge in [0.15, 0.2) is 5.16 Å². The first-order chi connectivity index (χ1) is 12.6. The maximum Gasteiger partial charge on any atom is 0.233 e. The summed E-state index contributed by atoms with van der Waals surface area (Å²) in [7, 11) is 1.68. The van der Waals surface area contributed by atoms with Gasteiger partial charge in [-0.05, 0) is 18.2 Å². The smallest absolute Gasteiger partial charge is 0.233 e. The average molecular weight is 369 g/mol. The Kier molecular flexibility index (Phi) is 5.73. The van der Waals surface area contributed by atoms with E-state index in [9.17, 15) is 9.18 Å². The Hall–Kier alpha value is -2.60. The first-order valence-corrected chi connectivity index (χ1v) is 9.25. The van der Waals surface area contributed by atoms with E-state index in [1.165, 1.54) is 22.7 Å². The maximum absolute atomic E-state index is 13.8. The van der Waals surface area contributed by atoms with Crippen LogP contribution in [0.5, 0.6) is 0 Å². The van der Waals surface area contributed by atoms with Crippen LogP contribution >= 0.6 is 11.8 Å². The summed E-state index contributed by atoms with van der Waals surface area (Å²) in [5.74, 6) is -0.131. The van der Waals surface area contributed by atoms with Gasteiger partial charge in [-0.2, -0.15) is 0 Å². The molecule has 0 saturated heterocycles. The molecule has 0 spiro atoms. The van der Waals surface area contributed by atoms with Crippen molar-refractivity contribution >= 4 is 28.7 Å². The number of aromatic nitrogens is 2. The summed E-state index contributed by atoms with van der Waals surface area (Å²) in [6.45, 7) is 4.67. The minimum Gasteiger partial charge on any atom is -0.341 e. The SMILES string of the molecule is C=CCn1c(SCC(=O)N(C)Cc2ccccc2F)nc2ccccc21. The maximum atomic E-state index is 13.8. The molecule has 0 N–H and O–H groups in total. The summed E-state index contributed by atoms with van der Waals surface area (Å²) in [6.07, 6.45) is 1.81. The standard InChI is InChI=1S/C20H20FN3OS/c1-3-12-24-18-11-7-6-10-17(18)22-20(24)26-14-19(25)23(2)13-15-8-4-5-9-16(15)21/h3-11H,1,12-14H2,2H3. The van der Waals surface area contributed by atoms with Crippen molar-refractivity contribution in [1.29, 1.82) is 0 Å². The number of hydrogen-bond acceptors (Lipinski definition) is 3. The molecule has 4 nitrogen and oxygen atoms in total. The van der Waals surface area contributed by atoms with Crippen LogP contribution in [-0.4, -0.2) is 33.2 Å². The van der Waals surface area contributed by atoms with E-state index in [0.717, 1.165) is 16.2 Å². The molecule has 0 radical (unpaired) electrons. The Morgan fingerprint density at radius 2 is 2.00 bits per heavy atom. The number of amides is 1. The van der Waals surface area contributed by atoms with Crippen LogP contribution < -0.4 is 0 Å². The molecule has 1 heterocycles. The number of halogens is 1. The minimum atomic E-state index is -0.299. The normalized spacial score (nSPS) is 10.8. The van der Waals surface area contributed by atoms with E-state index in [-0.39, 0.29) is 24.0 Å². The van der Waals surface area contributed by atoms with Gasteiger partial charge < -0.3 is 9.47 Å². The second-order valence-corrected chi connectivity index (χ2v) is 6.85. The molecule has 0 fully saturated rings. The van der Waals surface area contributed by atoms with E-state index < -0.39 is 0 Å². The number of hydrogen-bond donors (Lipinski definition) is 0. The number of carbonyl (C=O) groups is 1. The zero-order chi connectivity index (χ0) is 18.5. The van der Waals surface area contributed by atoms with Crippen LogP contribution in [0.25, 0.3) is 11.0 Å². The molecule has 134 valence electrons. The fourth-order valence-corrected chi connectivity index (χ4v) is 3.64. The molecular formula is C20H20FN3OS. The number of nitrogens with zero attached hydrogens (tertiary/aromatic N) is 3. The van der Waals surface area contributed by atoms with Gasteiger partial charge in [-0.25, -0.2) is 9.37 Å². The molecule has 0 unspecified atom stereocenters. The molecule has 0 atom stereocenters. The van der Waals surface area contributed by atoms with Gasteiger partial charge in [0.05, 0.1) is 16.8 Å². The predicted octanol–water partition coefficient (Wildman–Crippen LogP) is 4.11. The third kappa shape index (κ3) is 3.96. The Morgan fingerprint density at radius 3 is 2.77 bits per heavy atom. The van der Waals surface area contributed by atoms with Crippen molar-refractivity contribution in [2.45, 2.75) is 18.2 Å². The first kappa shape index (κ1) is 18.2. The molecule has 1 amide bonds. The number of carbonyl (C=O) groups excluding carboxylic acids is 1. The molecule has 26 heavy (non-hydrogen) atoms. The van der Waals surface area contributed by atoms with Gasteiger partial charge >= 0.3 is 0 Å². The molecular weight excluding hydrogens is 349 g/mol. The molecule has 0 aliphatic rings. The molecule has 2 aromatic carbocycles. The molecule has 0 aliphatic heterocycles. The third-order valence-corrected chi connectivity index (χ3v) is 5.01. The van der Waals surface area contributed by atoms with Crippen LogP contribution in [0.3, 0.4) is 0 Å². The fourth-order valence-electron chi connectivity index (χ4n) is 2.68. The summed E-state index contributed by atoms with van der Waals surface area (Å²) < 4.78 is 15.8. The molecule has 6 heteroatoms. The predicted molar refractivity (Wildman–Crippen MR) is 104 cm³/mol. The molecule has 3 rings (SSSR count). The van der Waals surface area contributed by atoms with Crippen molar-refractivity contribution < 1.29 is 9.18 Å². The zero-order valence-electron chi connectivity index (χ0n) is 14.6. The van der Waals surface area contributed by atoms with Crippen LogP contribution in [0.15, 0.2) is 66.3 Å². The van der Waals surface area contributed by atoms with Gasteiger partial charge in [0.25, 0.3) is 0 Å². The Morgan fingerprint density at radius 1 is 1.27 bits per heavy atom. The number of rotatable bonds is 7. The number of imidazole rings is 1. The largest absolute Gasteiger partial charge is 0.341 e. The van der Waals surface area contributed by atoms with E-state index in [1.54, 1.807) is 25.2 Å². The van der Waals surface area contributed by atoms with E-state index in [4.69, 9.17) is 0 Å². The number of fused-ring (bicyclic) bond motifs is 1. The van der Waals surface area contributed by atoms with Crippen LogP contribution in [0.1, 0.15) is 5.56 Å². The lowest BCUT2D eigenvalue weighted by Crippen LogP contribution is -2.28. The third-order valence-electron chi connectivity index (χ3n) is 4.05. The van der Waals surface area contributed by atoms with Gasteiger partial charge in [-0.1, -0.05) is 48.2 Å². The van der Waals surface area contributed by atoms with Crippen LogP contribution in [0, 0.1) is 5.82 Å². The lowest BCUT2D eigenvalue weighted by atomic mass is 10.2. The number of benzene rings is 2. The molecule has 0 bridgehead atoms. The van der Waals surface area contributed by atoms with Gasteiger partial charge in [0.1, 0.15) is 5.82 Å². The van der Waals surface area contributed by atoms with Gasteiger partial charge in [0, 0.05) is 25.7 Å². The Bertz CT molecular complexity index is 938. The summed E-state index contributed by atoms with van der Waals surface area (Å²) in [6, 6.07) is 14.4.